The van der Waals surface area contributed by atoms with Crippen LogP contribution in [0.4, 0.5) is 5.69 Å². The number of nitro benzene ring substituents is 1. The number of rotatable bonds is 2. The minimum absolute atomic E-state index is 0.129. The lowest BCUT2D eigenvalue weighted by Crippen LogP contribution is -1.94. The first-order chi connectivity index (χ1) is 6.00. The first kappa shape index (κ1) is 10.4. The van der Waals surface area contributed by atoms with Gasteiger partial charge >= 0.3 is 0 Å². The van der Waals surface area contributed by atoms with Gasteiger partial charge in [-0.2, -0.15) is 0 Å². The Labute approximate surface area is 92.2 Å². The van der Waals surface area contributed by atoms with Crippen molar-refractivity contribution in [2.24, 2.45) is 0 Å². The zero-order valence-corrected chi connectivity index (χ0v) is 9.07. The summed E-state index contributed by atoms with van der Waals surface area (Å²) in [5.41, 5.74) is 0.0103. The van der Waals surface area contributed by atoms with E-state index in [1.165, 1.54) is 12.1 Å². The Morgan fingerprint density at radius 2 is 2.08 bits per heavy atom. The van der Waals surface area contributed by atoms with Gasteiger partial charge in [0.05, 0.1) is 4.92 Å². The van der Waals surface area contributed by atoms with Crippen molar-refractivity contribution in [3.8, 4) is 0 Å². The van der Waals surface area contributed by atoms with Gasteiger partial charge < -0.3 is 0 Å². The summed E-state index contributed by atoms with van der Waals surface area (Å²) in [4.78, 5) is 20.5. The first-order valence-corrected chi connectivity index (χ1v) is 4.61. The molecule has 1 aromatic rings. The van der Waals surface area contributed by atoms with E-state index in [4.69, 9.17) is 11.6 Å². The normalized spacial score (nSPS) is 9.69. The summed E-state index contributed by atoms with van der Waals surface area (Å²) in [6.07, 6.45) is 0. The molecule has 0 atom stereocenters. The van der Waals surface area contributed by atoms with Gasteiger partial charge in [0.15, 0.2) is 0 Å². The van der Waals surface area contributed by atoms with Gasteiger partial charge in [0.2, 0.25) is 0 Å². The molecule has 0 spiro atoms. The summed E-state index contributed by atoms with van der Waals surface area (Å²) in [5.74, 6) is 0. The number of carbonyl (C=O) groups excluding carboxylic acids is 1. The maximum Gasteiger partial charge on any atom is 0.271 e. The Balaban J connectivity index is 3.26. The maximum atomic E-state index is 10.7. The van der Waals surface area contributed by atoms with E-state index in [-0.39, 0.29) is 11.3 Å². The van der Waals surface area contributed by atoms with Gasteiger partial charge in [0, 0.05) is 21.3 Å². The molecule has 1 rings (SSSR count). The van der Waals surface area contributed by atoms with Crippen molar-refractivity contribution < 1.29 is 9.72 Å². The van der Waals surface area contributed by atoms with Crippen LogP contribution in [-0.4, -0.2) is 10.2 Å². The lowest BCUT2D eigenvalue weighted by molar-refractivity contribution is -0.385. The molecular formula is C7H3ClINO3. The van der Waals surface area contributed by atoms with Crippen molar-refractivity contribution in [3.05, 3.63) is 37.4 Å². The molecular weight excluding hydrogens is 308 g/mol. The van der Waals surface area contributed by atoms with Gasteiger partial charge in [-0.3, -0.25) is 14.9 Å². The Morgan fingerprint density at radius 1 is 1.46 bits per heavy atom. The number of non-ortho nitro benzene ring substituents is 1. The van der Waals surface area contributed by atoms with E-state index in [1.807, 2.05) is 22.6 Å². The molecule has 0 fully saturated rings. The summed E-state index contributed by atoms with van der Waals surface area (Å²) >= 11 is 7.07. The maximum absolute atomic E-state index is 10.7. The zero-order chi connectivity index (χ0) is 10.0. The molecule has 13 heavy (non-hydrogen) atoms. The third kappa shape index (κ3) is 2.63. The van der Waals surface area contributed by atoms with Crippen molar-refractivity contribution in [2.45, 2.75) is 0 Å². The van der Waals surface area contributed by atoms with Crippen LogP contribution >= 0.6 is 34.2 Å². The highest BCUT2D eigenvalue weighted by Crippen LogP contribution is 2.19. The van der Waals surface area contributed by atoms with E-state index in [2.05, 4.69) is 0 Å². The fourth-order valence-corrected chi connectivity index (χ4v) is 1.56. The summed E-state index contributed by atoms with van der Waals surface area (Å²) in [6.45, 7) is 0. The van der Waals surface area contributed by atoms with Gasteiger partial charge in [0.1, 0.15) is 0 Å². The molecule has 0 unspecified atom stereocenters. The van der Waals surface area contributed by atoms with E-state index in [9.17, 15) is 14.9 Å². The predicted octanol–water partition coefficient (Wildman–Crippen LogP) is 2.58. The lowest BCUT2D eigenvalue weighted by Gasteiger charge is -1.96. The second-order valence-corrected chi connectivity index (χ2v) is 3.82. The number of benzene rings is 1. The SMILES string of the molecule is O=C(Cl)c1cc(I)cc([N+](=O)[O-])c1. The van der Waals surface area contributed by atoms with Crippen LogP contribution in [-0.2, 0) is 0 Å². The smallest absolute Gasteiger partial charge is 0.271 e. The summed E-state index contributed by atoms with van der Waals surface area (Å²) in [7, 11) is 0. The molecule has 0 N–H and O–H groups in total. The molecule has 0 saturated carbocycles. The average Bonchev–Trinajstić information content (AvgIpc) is 2.03. The van der Waals surface area contributed by atoms with Crippen molar-refractivity contribution in [1.29, 1.82) is 0 Å². The van der Waals surface area contributed by atoms with Crippen LogP contribution in [0.15, 0.2) is 18.2 Å². The fraction of sp³-hybridized carbons (Fsp3) is 0. The third-order valence-corrected chi connectivity index (χ3v) is 2.16. The highest BCUT2D eigenvalue weighted by molar-refractivity contribution is 14.1. The summed E-state index contributed by atoms with van der Waals surface area (Å²) in [6, 6.07) is 4.00. The van der Waals surface area contributed by atoms with Crippen LogP contribution in [0.5, 0.6) is 0 Å². The first-order valence-electron chi connectivity index (χ1n) is 3.15. The molecule has 1 aromatic carbocycles. The van der Waals surface area contributed by atoms with Crippen molar-refractivity contribution in [1.82, 2.24) is 0 Å². The van der Waals surface area contributed by atoms with Gasteiger partial charge in [-0.15, -0.1) is 0 Å². The quantitative estimate of drug-likeness (QED) is 0.365. The molecule has 0 aromatic heterocycles. The van der Waals surface area contributed by atoms with Gasteiger partial charge in [-0.25, -0.2) is 0 Å². The average molecular weight is 311 g/mol. The topological polar surface area (TPSA) is 60.2 Å². The van der Waals surface area contributed by atoms with Crippen LogP contribution < -0.4 is 0 Å². The largest absolute Gasteiger partial charge is 0.276 e. The van der Waals surface area contributed by atoms with Gasteiger partial charge in [-0.05, 0) is 40.3 Å². The van der Waals surface area contributed by atoms with E-state index in [0.29, 0.717) is 3.57 Å². The number of nitrogens with zero attached hydrogens (tertiary/aromatic N) is 1. The number of nitro groups is 1. The number of hydrogen-bond donors (Lipinski definition) is 0. The highest BCUT2D eigenvalue weighted by Gasteiger charge is 2.11. The number of halogens is 2. The molecule has 4 nitrogen and oxygen atoms in total. The van der Waals surface area contributed by atoms with Crippen LogP contribution in [0.2, 0.25) is 0 Å². The lowest BCUT2D eigenvalue weighted by atomic mass is 10.2. The van der Waals surface area contributed by atoms with Crippen LogP contribution in [0.25, 0.3) is 0 Å². The van der Waals surface area contributed by atoms with E-state index in [0.717, 1.165) is 6.07 Å². The summed E-state index contributed by atoms with van der Waals surface area (Å²) in [5, 5.41) is 9.68. The van der Waals surface area contributed by atoms with E-state index >= 15 is 0 Å². The van der Waals surface area contributed by atoms with Crippen molar-refractivity contribution in [3.63, 3.8) is 0 Å². The minimum atomic E-state index is -0.693. The van der Waals surface area contributed by atoms with E-state index in [1.54, 1.807) is 0 Å². The molecule has 0 aliphatic heterocycles. The van der Waals surface area contributed by atoms with Crippen LogP contribution in [0.3, 0.4) is 0 Å². The Bertz CT molecular complexity index is 348. The second kappa shape index (κ2) is 4.01. The molecule has 0 amide bonds. The predicted molar refractivity (Wildman–Crippen MR) is 56.0 cm³/mol. The molecule has 0 heterocycles. The van der Waals surface area contributed by atoms with Gasteiger partial charge in [-0.1, -0.05) is 0 Å². The minimum Gasteiger partial charge on any atom is -0.276 e. The van der Waals surface area contributed by atoms with Crippen LogP contribution in [0, 0.1) is 13.7 Å². The monoisotopic (exact) mass is 311 g/mol. The van der Waals surface area contributed by atoms with Gasteiger partial charge in [0.25, 0.3) is 10.9 Å². The number of hydrogen-bond acceptors (Lipinski definition) is 3. The molecule has 6 heteroatoms. The van der Waals surface area contributed by atoms with Crippen molar-refractivity contribution >= 4 is 45.1 Å². The molecule has 0 saturated heterocycles. The van der Waals surface area contributed by atoms with Crippen LogP contribution in [0.1, 0.15) is 10.4 Å². The summed E-state index contributed by atoms with van der Waals surface area (Å²) < 4.78 is 0.607. The molecule has 0 radical (unpaired) electrons. The third-order valence-electron chi connectivity index (χ3n) is 1.32. The highest BCUT2D eigenvalue weighted by atomic mass is 127. The Morgan fingerprint density at radius 3 is 2.54 bits per heavy atom. The molecule has 68 valence electrons. The molecule has 0 aliphatic carbocycles. The molecule has 0 bridgehead atoms. The zero-order valence-electron chi connectivity index (χ0n) is 6.16. The number of carbonyl (C=O) groups is 1. The Hall–Kier alpha value is -0.690. The Kier molecular flexibility index (Phi) is 3.21. The molecule has 0 aliphatic rings. The second-order valence-electron chi connectivity index (χ2n) is 2.23. The van der Waals surface area contributed by atoms with E-state index < -0.39 is 10.2 Å². The standard InChI is InChI=1S/C7H3ClINO3/c8-7(11)4-1-5(9)3-6(2-4)10(12)13/h1-3H. The fourth-order valence-electron chi connectivity index (χ4n) is 0.793. The van der Waals surface area contributed by atoms with Crippen molar-refractivity contribution in [2.75, 3.05) is 0 Å².